The molecule has 1 heterocycles. The number of carbonyl (C=O) groups is 2. The van der Waals surface area contributed by atoms with E-state index in [1.807, 2.05) is 26.0 Å². The Bertz CT molecular complexity index is 754. The van der Waals surface area contributed by atoms with Crippen molar-refractivity contribution in [2.45, 2.75) is 52.5 Å². The molecule has 0 unspecified atom stereocenters. The summed E-state index contributed by atoms with van der Waals surface area (Å²) in [6.45, 7) is 10.4. The van der Waals surface area contributed by atoms with Gasteiger partial charge in [-0.25, -0.2) is 0 Å². The molecule has 0 fully saturated rings. The van der Waals surface area contributed by atoms with E-state index in [4.69, 9.17) is 5.11 Å². The van der Waals surface area contributed by atoms with Gasteiger partial charge in [0.05, 0.1) is 6.42 Å². The molecule has 0 saturated heterocycles. The quantitative estimate of drug-likeness (QED) is 0.876. The zero-order valence-corrected chi connectivity index (χ0v) is 15.0. The number of rotatable bonds is 5. The van der Waals surface area contributed by atoms with Gasteiger partial charge in [-0.15, -0.1) is 0 Å². The summed E-state index contributed by atoms with van der Waals surface area (Å²) in [5.41, 5.74) is 2.65. The van der Waals surface area contributed by atoms with Gasteiger partial charge in [0, 0.05) is 23.5 Å². The average molecular weight is 330 g/mol. The van der Waals surface area contributed by atoms with E-state index in [1.54, 1.807) is 4.90 Å². The molecule has 0 aliphatic heterocycles. The van der Waals surface area contributed by atoms with Crippen LogP contribution in [-0.2, 0) is 10.2 Å². The fraction of sp³-hybridized carbons (Fsp3) is 0.474. The molecule has 24 heavy (non-hydrogen) atoms. The molecule has 130 valence electrons. The summed E-state index contributed by atoms with van der Waals surface area (Å²) in [4.78, 5) is 28.3. The minimum Gasteiger partial charge on any atom is -0.481 e. The van der Waals surface area contributed by atoms with Crippen LogP contribution in [0.4, 0.5) is 0 Å². The van der Waals surface area contributed by atoms with E-state index < -0.39 is 5.97 Å². The lowest BCUT2D eigenvalue weighted by Crippen LogP contribution is -2.38. The van der Waals surface area contributed by atoms with Crippen molar-refractivity contribution in [1.29, 1.82) is 0 Å². The third-order valence-corrected chi connectivity index (χ3v) is 4.17. The van der Waals surface area contributed by atoms with Gasteiger partial charge in [-0.05, 0) is 37.0 Å². The van der Waals surface area contributed by atoms with E-state index >= 15 is 0 Å². The highest BCUT2D eigenvalue weighted by Gasteiger charge is 2.22. The van der Waals surface area contributed by atoms with Gasteiger partial charge >= 0.3 is 5.97 Å². The molecule has 0 bridgehead atoms. The number of aliphatic carboxylic acids is 1. The molecule has 1 amide bonds. The zero-order valence-electron chi connectivity index (χ0n) is 15.0. The van der Waals surface area contributed by atoms with Gasteiger partial charge in [0.25, 0.3) is 5.91 Å². The number of carboxylic acids is 1. The van der Waals surface area contributed by atoms with E-state index in [-0.39, 0.29) is 30.3 Å². The number of carbonyl (C=O) groups excluding carboxylic acids is 1. The summed E-state index contributed by atoms with van der Waals surface area (Å²) in [5.74, 6) is -1.07. The van der Waals surface area contributed by atoms with Crippen LogP contribution in [-0.4, -0.2) is 39.5 Å². The van der Waals surface area contributed by atoms with Gasteiger partial charge < -0.3 is 15.0 Å². The van der Waals surface area contributed by atoms with Crippen molar-refractivity contribution in [3.63, 3.8) is 0 Å². The highest BCUT2D eigenvalue weighted by atomic mass is 16.4. The van der Waals surface area contributed by atoms with Crippen molar-refractivity contribution < 1.29 is 14.7 Å². The van der Waals surface area contributed by atoms with Crippen LogP contribution in [0, 0.1) is 0 Å². The zero-order chi connectivity index (χ0) is 18.1. The first-order chi connectivity index (χ1) is 11.1. The van der Waals surface area contributed by atoms with Crippen molar-refractivity contribution in [3.05, 3.63) is 35.5 Å². The maximum atomic E-state index is 12.8. The molecule has 2 aromatic rings. The lowest BCUT2D eigenvalue weighted by Gasteiger charge is -2.25. The highest BCUT2D eigenvalue weighted by Crippen LogP contribution is 2.26. The highest BCUT2D eigenvalue weighted by molar-refractivity contribution is 5.98. The predicted molar refractivity (Wildman–Crippen MR) is 95.4 cm³/mol. The maximum Gasteiger partial charge on any atom is 0.305 e. The summed E-state index contributed by atoms with van der Waals surface area (Å²) in [6.07, 6.45) is -0.0572. The second kappa shape index (κ2) is 6.67. The van der Waals surface area contributed by atoms with Gasteiger partial charge in [0.15, 0.2) is 0 Å². The lowest BCUT2D eigenvalue weighted by molar-refractivity contribution is -0.137. The molecule has 0 radical (unpaired) electrons. The smallest absolute Gasteiger partial charge is 0.305 e. The number of H-pyrrole nitrogens is 1. The molecule has 0 spiro atoms. The first-order valence-electron chi connectivity index (χ1n) is 8.25. The normalized spacial score (nSPS) is 11.9. The Labute approximate surface area is 142 Å². The number of carboxylic acid groups (broad SMARTS) is 1. The number of hydrogen-bond acceptors (Lipinski definition) is 2. The average Bonchev–Trinajstić information content (AvgIpc) is 2.88. The van der Waals surface area contributed by atoms with Crippen molar-refractivity contribution in [1.82, 2.24) is 9.88 Å². The van der Waals surface area contributed by atoms with Crippen LogP contribution >= 0.6 is 0 Å². The third-order valence-electron chi connectivity index (χ3n) is 4.17. The molecule has 1 aromatic carbocycles. The summed E-state index contributed by atoms with van der Waals surface area (Å²) >= 11 is 0. The second-order valence-electron chi connectivity index (χ2n) is 7.47. The van der Waals surface area contributed by atoms with Crippen LogP contribution < -0.4 is 0 Å². The van der Waals surface area contributed by atoms with Gasteiger partial charge in [-0.3, -0.25) is 9.59 Å². The van der Waals surface area contributed by atoms with Gasteiger partial charge in [0.1, 0.15) is 5.69 Å². The fourth-order valence-electron chi connectivity index (χ4n) is 2.67. The number of aromatic nitrogens is 1. The van der Waals surface area contributed by atoms with Crippen molar-refractivity contribution in [3.8, 4) is 0 Å². The van der Waals surface area contributed by atoms with Crippen LogP contribution in [0.5, 0.6) is 0 Å². The Morgan fingerprint density at radius 3 is 2.42 bits per heavy atom. The molecule has 0 atom stereocenters. The van der Waals surface area contributed by atoms with Crippen LogP contribution in [0.3, 0.4) is 0 Å². The minimum atomic E-state index is -0.903. The fourth-order valence-corrected chi connectivity index (χ4v) is 2.67. The van der Waals surface area contributed by atoms with E-state index in [1.165, 1.54) is 5.56 Å². The minimum absolute atomic E-state index is 0.0366. The van der Waals surface area contributed by atoms with E-state index in [0.29, 0.717) is 5.69 Å². The number of fused-ring (bicyclic) bond motifs is 1. The number of nitrogens with one attached hydrogen (secondary N) is 1. The first kappa shape index (κ1) is 18.0. The number of aromatic amines is 1. The Morgan fingerprint density at radius 1 is 1.21 bits per heavy atom. The predicted octanol–water partition coefficient (Wildman–Crippen LogP) is 3.79. The van der Waals surface area contributed by atoms with Gasteiger partial charge in [-0.2, -0.15) is 0 Å². The lowest BCUT2D eigenvalue weighted by atomic mass is 9.87. The third kappa shape index (κ3) is 3.96. The van der Waals surface area contributed by atoms with E-state index in [0.717, 1.165) is 10.9 Å². The number of benzene rings is 1. The van der Waals surface area contributed by atoms with Crippen LogP contribution in [0.25, 0.3) is 10.9 Å². The summed E-state index contributed by atoms with van der Waals surface area (Å²) in [6, 6.07) is 7.94. The molecule has 2 N–H and O–H groups in total. The Kier molecular flexibility index (Phi) is 5.02. The summed E-state index contributed by atoms with van der Waals surface area (Å²) < 4.78 is 0. The van der Waals surface area contributed by atoms with Crippen molar-refractivity contribution in [2.24, 2.45) is 0 Å². The largest absolute Gasteiger partial charge is 0.481 e. The molecule has 0 saturated carbocycles. The molecule has 2 rings (SSSR count). The Balaban J connectivity index is 2.32. The number of hydrogen-bond donors (Lipinski definition) is 2. The van der Waals surface area contributed by atoms with E-state index in [2.05, 4.69) is 37.9 Å². The molecule has 1 aromatic heterocycles. The maximum absolute atomic E-state index is 12.8. The number of amides is 1. The standard InChI is InChI=1S/C19H26N2O3/c1-12(2)21(9-8-17(22)23)18(24)16-10-13-6-7-14(19(3,4)5)11-15(13)20-16/h6-7,10-12,20H,8-9H2,1-5H3,(H,22,23). The summed E-state index contributed by atoms with van der Waals surface area (Å²) in [7, 11) is 0. The molecular weight excluding hydrogens is 304 g/mol. The van der Waals surface area contributed by atoms with Crippen LogP contribution in [0.1, 0.15) is 57.1 Å². The summed E-state index contributed by atoms with van der Waals surface area (Å²) in [5, 5.41) is 9.85. The van der Waals surface area contributed by atoms with E-state index in [9.17, 15) is 9.59 Å². The first-order valence-corrected chi connectivity index (χ1v) is 8.25. The number of nitrogens with zero attached hydrogens (tertiary/aromatic N) is 1. The Morgan fingerprint density at radius 2 is 1.88 bits per heavy atom. The van der Waals surface area contributed by atoms with Crippen molar-refractivity contribution >= 4 is 22.8 Å². The Hall–Kier alpha value is -2.30. The van der Waals surface area contributed by atoms with Gasteiger partial charge in [-0.1, -0.05) is 32.9 Å². The monoisotopic (exact) mass is 330 g/mol. The second-order valence-corrected chi connectivity index (χ2v) is 7.47. The topological polar surface area (TPSA) is 73.4 Å². The van der Waals surface area contributed by atoms with Crippen LogP contribution in [0.15, 0.2) is 24.3 Å². The molecular formula is C19H26N2O3. The molecule has 0 aliphatic carbocycles. The van der Waals surface area contributed by atoms with Crippen molar-refractivity contribution in [2.75, 3.05) is 6.54 Å². The molecule has 0 aliphatic rings. The van der Waals surface area contributed by atoms with Crippen LogP contribution in [0.2, 0.25) is 0 Å². The SMILES string of the molecule is CC(C)N(CCC(=O)O)C(=O)c1cc2ccc(C(C)(C)C)cc2[nH]1. The molecule has 5 nitrogen and oxygen atoms in total. The van der Waals surface area contributed by atoms with Gasteiger partial charge in [0.2, 0.25) is 0 Å². The molecule has 5 heteroatoms.